The predicted octanol–water partition coefficient (Wildman–Crippen LogP) is 3.92. The fraction of sp³-hybridized carbons (Fsp3) is 0.462. The highest BCUT2D eigenvalue weighted by atomic mass is 35.5. The van der Waals surface area contributed by atoms with Gasteiger partial charge >= 0.3 is 0 Å². The van der Waals surface area contributed by atoms with Gasteiger partial charge in [0.05, 0.1) is 21.5 Å². The van der Waals surface area contributed by atoms with E-state index in [1.165, 1.54) is 11.6 Å². The number of carbonyl (C=O) groups is 1. The van der Waals surface area contributed by atoms with Crippen LogP contribution in [0.2, 0.25) is 10.0 Å². The van der Waals surface area contributed by atoms with Crippen LogP contribution in [0, 0.1) is 5.92 Å². The molecule has 0 aromatic heterocycles. The van der Waals surface area contributed by atoms with Gasteiger partial charge in [-0.3, -0.25) is 9.79 Å². The summed E-state index contributed by atoms with van der Waals surface area (Å²) in [5, 5.41) is 6.66. The summed E-state index contributed by atoms with van der Waals surface area (Å²) in [6.45, 7) is 2.33. The molecule has 2 atom stereocenters. The number of benzene rings is 2. The number of likely N-dealkylation sites (N-methyl/N-ethyl adjacent to an activating group) is 1. The van der Waals surface area contributed by atoms with Gasteiger partial charge in [-0.2, -0.15) is 0 Å². The Morgan fingerprint density at radius 2 is 1.94 bits per heavy atom. The number of hydrogen-bond acceptors (Lipinski definition) is 6. The average molecular weight is 552 g/mol. The lowest BCUT2D eigenvalue weighted by Crippen LogP contribution is -2.42. The minimum absolute atomic E-state index is 0.0212. The van der Waals surface area contributed by atoms with Gasteiger partial charge in [0.1, 0.15) is 11.7 Å². The third kappa shape index (κ3) is 6.59. The van der Waals surface area contributed by atoms with Crippen LogP contribution >= 0.6 is 23.2 Å². The molecule has 7 nitrogen and oxygen atoms in total. The second-order valence-corrected chi connectivity index (χ2v) is 12.2. The SMILES string of the molecule is CN(CCc1ccc(C2=NCCN2)cc1)C(=O)C1CCCC(NCS(=O)(=O)c2cccc(Cl)c2Cl)C1. The van der Waals surface area contributed by atoms with Gasteiger partial charge in [-0.15, -0.1) is 0 Å². The Bertz CT molecular complexity index is 1220. The van der Waals surface area contributed by atoms with Crippen molar-refractivity contribution in [3.05, 3.63) is 63.6 Å². The van der Waals surface area contributed by atoms with Crippen LogP contribution in [0.1, 0.15) is 36.8 Å². The first kappa shape index (κ1) is 26.9. The Kier molecular flexibility index (Phi) is 8.93. The maximum absolute atomic E-state index is 13.1. The normalized spacial score (nSPS) is 20.0. The largest absolute Gasteiger partial charge is 0.368 e. The van der Waals surface area contributed by atoms with E-state index < -0.39 is 9.84 Å². The summed E-state index contributed by atoms with van der Waals surface area (Å²) < 4.78 is 25.6. The summed E-state index contributed by atoms with van der Waals surface area (Å²) in [5.74, 6) is 0.695. The van der Waals surface area contributed by atoms with Crippen molar-refractivity contribution in [1.82, 2.24) is 15.5 Å². The van der Waals surface area contributed by atoms with Crippen molar-refractivity contribution >= 4 is 44.8 Å². The molecule has 36 heavy (non-hydrogen) atoms. The quantitative estimate of drug-likeness (QED) is 0.493. The highest BCUT2D eigenvalue weighted by Gasteiger charge is 2.30. The monoisotopic (exact) mass is 550 g/mol. The van der Waals surface area contributed by atoms with Gasteiger partial charge < -0.3 is 15.5 Å². The molecule has 1 heterocycles. The molecule has 0 saturated heterocycles. The number of aliphatic imine (C=N–C) groups is 1. The molecule has 0 radical (unpaired) electrons. The molecule has 4 rings (SSSR count). The average Bonchev–Trinajstić information content (AvgIpc) is 3.43. The number of nitrogens with zero attached hydrogens (tertiary/aromatic N) is 2. The summed E-state index contributed by atoms with van der Waals surface area (Å²) in [6.07, 6.45) is 3.91. The van der Waals surface area contributed by atoms with Gasteiger partial charge in [0.25, 0.3) is 0 Å². The zero-order valence-electron chi connectivity index (χ0n) is 20.3. The maximum atomic E-state index is 13.1. The van der Waals surface area contributed by atoms with Crippen LogP contribution in [-0.2, 0) is 21.1 Å². The molecule has 1 fully saturated rings. The number of sulfone groups is 1. The van der Waals surface area contributed by atoms with E-state index >= 15 is 0 Å². The van der Waals surface area contributed by atoms with Gasteiger partial charge in [0.15, 0.2) is 9.84 Å². The summed E-state index contributed by atoms with van der Waals surface area (Å²) in [6, 6.07) is 12.8. The lowest BCUT2D eigenvalue weighted by atomic mass is 9.85. The van der Waals surface area contributed by atoms with Crippen LogP contribution in [-0.4, -0.2) is 63.7 Å². The fourth-order valence-corrected chi connectivity index (χ4v) is 6.76. The highest BCUT2D eigenvalue weighted by molar-refractivity contribution is 7.91. The van der Waals surface area contributed by atoms with Crippen molar-refractivity contribution in [3.63, 3.8) is 0 Å². The molecule has 2 aliphatic rings. The first-order valence-corrected chi connectivity index (χ1v) is 14.7. The molecular weight excluding hydrogens is 519 g/mol. The van der Waals surface area contributed by atoms with E-state index in [4.69, 9.17) is 23.2 Å². The van der Waals surface area contributed by atoms with Crippen molar-refractivity contribution in [3.8, 4) is 0 Å². The van der Waals surface area contributed by atoms with Crippen molar-refractivity contribution in [2.45, 2.75) is 43.0 Å². The number of amides is 1. The smallest absolute Gasteiger partial charge is 0.225 e. The lowest BCUT2D eigenvalue weighted by molar-refractivity contribution is -0.135. The molecule has 1 amide bonds. The Hall–Kier alpha value is -2.13. The maximum Gasteiger partial charge on any atom is 0.225 e. The standard InChI is InChI=1S/C26H32Cl2N4O3S/c1-32(15-12-18-8-10-19(11-9-18)25-29-13-14-30-25)26(33)20-4-2-5-21(16-20)31-17-36(34,35)23-7-3-6-22(27)24(23)28/h3,6-11,20-21,31H,2,4-5,12-17H2,1H3,(H,29,30). The minimum atomic E-state index is -3.65. The first-order chi connectivity index (χ1) is 17.2. The molecular formula is C26H32Cl2N4O3S. The third-order valence-electron chi connectivity index (χ3n) is 6.85. The molecule has 10 heteroatoms. The molecule has 2 N–H and O–H groups in total. The van der Waals surface area contributed by atoms with Gasteiger partial charge in [0, 0.05) is 37.7 Å². The van der Waals surface area contributed by atoms with E-state index in [1.807, 2.05) is 7.05 Å². The number of halogens is 2. The number of amidine groups is 1. The van der Waals surface area contributed by atoms with E-state index in [1.54, 1.807) is 17.0 Å². The summed E-state index contributed by atoms with van der Waals surface area (Å²) in [5.41, 5.74) is 2.26. The van der Waals surface area contributed by atoms with Crippen molar-refractivity contribution in [2.75, 3.05) is 32.6 Å². The summed E-state index contributed by atoms with van der Waals surface area (Å²) >= 11 is 12.1. The number of nitrogens with one attached hydrogen (secondary N) is 2. The first-order valence-electron chi connectivity index (χ1n) is 12.3. The Morgan fingerprint density at radius 1 is 1.17 bits per heavy atom. The number of carbonyl (C=O) groups excluding carboxylic acids is 1. The van der Waals surface area contributed by atoms with Gasteiger partial charge in [0.2, 0.25) is 5.91 Å². The highest BCUT2D eigenvalue weighted by Crippen LogP contribution is 2.30. The fourth-order valence-electron chi connectivity index (χ4n) is 4.77. The van der Waals surface area contributed by atoms with Gasteiger partial charge in [-0.05, 0) is 43.4 Å². The zero-order valence-corrected chi connectivity index (χ0v) is 22.7. The molecule has 2 unspecified atom stereocenters. The van der Waals surface area contributed by atoms with Gasteiger partial charge in [-0.25, -0.2) is 8.42 Å². The van der Waals surface area contributed by atoms with E-state index in [2.05, 4.69) is 39.9 Å². The lowest BCUT2D eigenvalue weighted by Gasteiger charge is -2.31. The van der Waals surface area contributed by atoms with Crippen LogP contribution in [0.15, 0.2) is 52.4 Å². The van der Waals surface area contributed by atoms with E-state index in [0.29, 0.717) is 13.0 Å². The Labute approximate surface area is 223 Å². The molecule has 2 aromatic carbocycles. The van der Waals surface area contributed by atoms with Crippen molar-refractivity contribution in [1.29, 1.82) is 0 Å². The van der Waals surface area contributed by atoms with Crippen LogP contribution in [0.25, 0.3) is 0 Å². The van der Waals surface area contributed by atoms with Crippen LogP contribution < -0.4 is 10.6 Å². The van der Waals surface area contributed by atoms with Crippen LogP contribution in [0.5, 0.6) is 0 Å². The molecule has 1 saturated carbocycles. The number of hydrogen-bond donors (Lipinski definition) is 2. The van der Waals surface area contributed by atoms with Crippen molar-refractivity contribution in [2.24, 2.45) is 10.9 Å². The second-order valence-electron chi connectivity index (χ2n) is 9.44. The van der Waals surface area contributed by atoms with E-state index in [0.717, 1.165) is 50.2 Å². The van der Waals surface area contributed by atoms with E-state index in [-0.39, 0.29) is 38.7 Å². The molecule has 2 aromatic rings. The molecule has 0 bridgehead atoms. The number of rotatable bonds is 9. The molecule has 1 aliphatic heterocycles. The molecule has 194 valence electrons. The van der Waals surface area contributed by atoms with Crippen molar-refractivity contribution < 1.29 is 13.2 Å². The van der Waals surface area contributed by atoms with E-state index in [9.17, 15) is 13.2 Å². The summed E-state index contributed by atoms with van der Waals surface area (Å²) in [4.78, 5) is 19.4. The summed E-state index contributed by atoms with van der Waals surface area (Å²) in [7, 11) is -1.81. The molecule has 0 spiro atoms. The zero-order chi connectivity index (χ0) is 25.7. The Morgan fingerprint density at radius 3 is 2.67 bits per heavy atom. The molecule has 1 aliphatic carbocycles. The predicted molar refractivity (Wildman–Crippen MR) is 145 cm³/mol. The minimum Gasteiger partial charge on any atom is -0.368 e. The van der Waals surface area contributed by atoms with Crippen LogP contribution in [0.3, 0.4) is 0 Å². The topological polar surface area (TPSA) is 90.9 Å². The second kappa shape index (κ2) is 11.9. The van der Waals surface area contributed by atoms with Gasteiger partial charge in [-0.1, -0.05) is 60.0 Å². The van der Waals surface area contributed by atoms with Crippen LogP contribution in [0.4, 0.5) is 0 Å². The Balaban J connectivity index is 1.27. The third-order valence-corrected chi connectivity index (χ3v) is 9.34.